The average Bonchev–Trinajstić information content (AvgIpc) is 3.02. The Morgan fingerprint density at radius 2 is 1.62 bits per heavy atom. The van der Waals surface area contributed by atoms with Gasteiger partial charge in [0.15, 0.2) is 0 Å². The molecule has 0 unspecified atom stereocenters. The van der Waals surface area contributed by atoms with Crippen molar-refractivity contribution in [2.24, 2.45) is 7.05 Å². The highest BCUT2D eigenvalue weighted by Crippen LogP contribution is 2.29. The van der Waals surface area contributed by atoms with Gasteiger partial charge in [-0.1, -0.05) is 41.4 Å². The zero-order valence-electron chi connectivity index (χ0n) is 13.7. The van der Waals surface area contributed by atoms with Crippen molar-refractivity contribution in [3.05, 3.63) is 64.9 Å². The molecular weight excluding hydrogens is 375 g/mol. The molecule has 2 N–H and O–H groups in total. The number of aryl methyl sites for hydroxylation is 1. The van der Waals surface area contributed by atoms with Crippen LogP contribution in [0.25, 0.3) is 11.1 Å². The van der Waals surface area contributed by atoms with Crippen molar-refractivity contribution >= 4 is 46.4 Å². The number of rotatable bonds is 3. The van der Waals surface area contributed by atoms with Gasteiger partial charge in [-0.2, -0.15) is 5.10 Å². The molecule has 0 spiro atoms. The van der Waals surface area contributed by atoms with E-state index in [1.807, 2.05) is 12.1 Å². The molecule has 0 radical (unpaired) electrons. The van der Waals surface area contributed by atoms with E-state index in [2.05, 4.69) is 15.7 Å². The van der Waals surface area contributed by atoms with Crippen LogP contribution in [-0.2, 0) is 16.6 Å². The first-order valence-corrected chi connectivity index (χ1v) is 8.34. The summed E-state index contributed by atoms with van der Waals surface area (Å²) in [6.07, 6.45) is 3.05. The van der Waals surface area contributed by atoms with Gasteiger partial charge in [0.2, 0.25) is 0 Å². The number of anilines is 2. The third kappa shape index (κ3) is 4.22. The lowest BCUT2D eigenvalue weighted by Crippen LogP contribution is -2.28. The Hall–Kier alpha value is -2.83. The molecule has 6 nitrogen and oxygen atoms in total. The molecule has 1 aromatic heterocycles. The average molecular weight is 389 g/mol. The van der Waals surface area contributed by atoms with Crippen molar-refractivity contribution in [2.45, 2.75) is 0 Å². The molecule has 26 heavy (non-hydrogen) atoms. The fourth-order valence-electron chi connectivity index (χ4n) is 2.31. The van der Waals surface area contributed by atoms with Gasteiger partial charge in [-0.25, -0.2) is 0 Å². The maximum atomic E-state index is 12.1. The van der Waals surface area contributed by atoms with Crippen LogP contribution >= 0.6 is 23.2 Å². The second-order valence-electron chi connectivity index (χ2n) is 5.52. The van der Waals surface area contributed by atoms with E-state index >= 15 is 0 Å². The predicted molar refractivity (Wildman–Crippen MR) is 102 cm³/mol. The molecule has 3 rings (SSSR count). The highest BCUT2D eigenvalue weighted by molar-refractivity contribution is 6.43. The Balaban J connectivity index is 1.72. The van der Waals surface area contributed by atoms with Gasteiger partial charge in [0.05, 0.1) is 21.9 Å². The zero-order valence-corrected chi connectivity index (χ0v) is 15.2. The summed E-state index contributed by atoms with van der Waals surface area (Å²) in [7, 11) is 1.71. The minimum absolute atomic E-state index is 0.439. The normalized spacial score (nSPS) is 10.4. The standard InChI is InChI=1S/C18H14Cl2N4O2/c1-24-10-14(9-21-24)23-18(26)17(25)22-13-4-2-3-11(7-13)12-5-6-15(19)16(20)8-12/h2-10H,1H3,(H,22,25)(H,23,26). The molecule has 0 saturated carbocycles. The second-order valence-corrected chi connectivity index (χ2v) is 6.34. The summed E-state index contributed by atoms with van der Waals surface area (Å²) >= 11 is 12.0. The van der Waals surface area contributed by atoms with Crippen LogP contribution in [0.2, 0.25) is 10.0 Å². The van der Waals surface area contributed by atoms with Crippen LogP contribution in [0, 0.1) is 0 Å². The van der Waals surface area contributed by atoms with E-state index in [4.69, 9.17) is 23.2 Å². The van der Waals surface area contributed by atoms with E-state index in [1.165, 1.54) is 10.9 Å². The molecule has 3 aromatic rings. The van der Waals surface area contributed by atoms with Crippen LogP contribution in [-0.4, -0.2) is 21.6 Å². The molecule has 0 saturated heterocycles. The Morgan fingerprint density at radius 3 is 2.27 bits per heavy atom. The molecule has 0 aliphatic carbocycles. The lowest BCUT2D eigenvalue weighted by Gasteiger charge is -2.08. The number of halogens is 2. The van der Waals surface area contributed by atoms with Crippen molar-refractivity contribution in [2.75, 3.05) is 10.6 Å². The van der Waals surface area contributed by atoms with Crippen molar-refractivity contribution in [1.29, 1.82) is 0 Å². The number of amides is 2. The number of aromatic nitrogens is 2. The summed E-state index contributed by atoms with van der Waals surface area (Å²) in [5.41, 5.74) is 2.60. The van der Waals surface area contributed by atoms with E-state index < -0.39 is 11.8 Å². The number of hydrogen-bond donors (Lipinski definition) is 2. The van der Waals surface area contributed by atoms with Gasteiger partial charge >= 0.3 is 11.8 Å². The number of carbonyl (C=O) groups is 2. The highest BCUT2D eigenvalue weighted by atomic mass is 35.5. The van der Waals surface area contributed by atoms with E-state index in [1.54, 1.807) is 43.6 Å². The minimum Gasteiger partial charge on any atom is -0.318 e. The first kappa shape index (κ1) is 18.0. The van der Waals surface area contributed by atoms with Gasteiger partial charge in [-0.15, -0.1) is 0 Å². The third-order valence-electron chi connectivity index (χ3n) is 3.54. The monoisotopic (exact) mass is 388 g/mol. The third-order valence-corrected chi connectivity index (χ3v) is 4.28. The number of nitrogens with zero attached hydrogens (tertiary/aromatic N) is 2. The molecule has 132 valence electrons. The molecule has 0 aliphatic rings. The van der Waals surface area contributed by atoms with Crippen molar-refractivity contribution in [3.63, 3.8) is 0 Å². The van der Waals surface area contributed by atoms with Gasteiger partial charge < -0.3 is 10.6 Å². The molecule has 0 bridgehead atoms. The molecule has 2 amide bonds. The molecule has 2 aromatic carbocycles. The number of nitrogens with one attached hydrogen (secondary N) is 2. The summed E-state index contributed by atoms with van der Waals surface area (Å²) in [4.78, 5) is 24.1. The lowest BCUT2D eigenvalue weighted by molar-refractivity contribution is -0.132. The maximum absolute atomic E-state index is 12.1. The lowest BCUT2D eigenvalue weighted by atomic mass is 10.1. The smallest absolute Gasteiger partial charge is 0.314 e. The van der Waals surface area contributed by atoms with Crippen LogP contribution in [0.5, 0.6) is 0 Å². The van der Waals surface area contributed by atoms with Crippen molar-refractivity contribution in [1.82, 2.24) is 9.78 Å². The Morgan fingerprint density at radius 1 is 0.923 bits per heavy atom. The fraction of sp³-hybridized carbons (Fsp3) is 0.0556. The first-order valence-electron chi connectivity index (χ1n) is 7.59. The van der Waals surface area contributed by atoms with Gasteiger partial charge in [0.25, 0.3) is 0 Å². The first-order chi connectivity index (χ1) is 12.4. The molecule has 8 heteroatoms. The van der Waals surface area contributed by atoms with Crippen LogP contribution in [0.1, 0.15) is 0 Å². The molecular formula is C18H14Cl2N4O2. The molecule has 1 heterocycles. The topological polar surface area (TPSA) is 76.0 Å². The number of hydrogen-bond acceptors (Lipinski definition) is 3. The van der Waals surface area contributed by atoms with Crippen molar-refractivity contribution in [3.8, 4) is 11.1 Å². The van der Waals surface area contributed by atoms with E-state index in [9.17, 15) is 9.59 Å². The van der Waals surface area contributed by atoms with Gasteiger partial charge in [0.1, 0.15) is 0 Å². The van der Waals surface area contributed by atoms with Crippen molar-refractivity contribution < 1.29 is 9.59 Å². The largest absolute Gasteiger partial charge is 0.318 e. The molecule has 0 atom stereocenters. The Bertz CT molecular complexity index is 985. The summed E-state index contributed by atoms with van der Waals surface area (Å²) in [6, 6.07) is 12.3. The SMILES string of the molecule is Cn1cc(NC(=O)C(=O)Nc2cccc(-c3ccc(Cl)c(Cl)c3)c2)cn1. The summed E-state index contributed by atoms with van der Waals surface area (Å²) in [5, 5.41) is 9.87. The van der Waals surface area contributed by atoms with E-state index in [0.29, 0.717) is 21.4 Å². The summed E-state index contributed by atoms with van der Waals surface area (Å²) in [6.45, 7) is 0. The van der Waals surface area contributed by atoms with Gasteiger partial charge in [-0.05, 0) is 35.4 Å². The predicted octanol–water partition coefficient (Wildman–Crippen LogP) is 3.97. The maximum Gasteiger partial charge on any atom is 0.314 e. The highest BCUT2D eigenvalue weighted by Gasteiger charge is 2.15. The second kappa shape index (κ2) is 7.59. The molecule has 0 fully saturated rings. The zero-order chi connectivity index (χ0) is 18.7. The van der Waals surface area contributed by atoms with Crippen LogP contribution in [0.15, 0.2) is 54.9 Å². The van der Waals surface area contributed by atoms with E-state index in [0.717, 1.165) is 11.1 Å². The quantitative estimate of drug-likeness (QED) is 0.666. The van der Waals surface area contributed by atoms with Crippen LogP contribution < -0.4 is 10.6 Å². The van der Waals surface area contributed by atoms with E-state index in [-0.39, 0.29) is 0 Å². The number of carbonyl (C=O) groups excluding carboxylic acids is 2. The number of benzene rings is 2. The van der Waals surface area contributed by atoms with Crippen LogP contribution in [0.4, 0.5) is 11.4 Å². The minimum atomic E-state index is -0.780. The Kier molecular flexibility index (Phi) is 5.25. The van der Waals surface area contributed by atoms with Gasteiger partial charge in [-0.3, -0.25) is 14.3 Å². The summed E-state index contributed by atoms with van der Waals surface area (Å²) in [5.74, 6) is -1.56. The Labute approximate surface area is 159 Å². The van der Waals surface area contributed by atoms with Crippen LogP contribution in [0.3, 0.4) is 0 Å². The van der Waals surface area contributed by atoms with Gasteiger partial charge in [0, 0.05) is 18.9 Å². The molecule has 0 aliphatic heterocycles. The fourth-order valence-corrected chi connectivity index (χ4v) is 2.61. The summed E-state index contributed by atoms with van der Waals surface area (Å²) < 4.78 is 1.52.